The van der Waals surface area contributed by atoms with Gasteiger partial charge in [0.15, 0.2) is 5.96 Å². The Hall–Kier alpha value is -1.51. The fourth-order valence-corrected chi connectivity index (χ4v) is 2.26. The summed E-state index contributed by atoms with van der Waals surface area (Å²) < 4.78 is 0. The molecule has 1 heterocycles. The van der Waals surface area contributed by atoms with Crippen molar-refractivity contribution in [1.29, 1.82) is 0 Å². The van der Waals surface area contributed by atoms with Crippen molar-refractivity contribution in [3.05, 3.63) is 29.8 Å². The molecule has 0 saturated carbocycles. The van der Waals surface area contributed by atoms with E-state index in [1.54, 1.807) is 0 Å². The summed E-state index contributed by atoms with van der Waals surface area (Å²) in [6.07, 6.45) is 1.13. The number of para-hydroxylation sites is 1. The van der Waals surface area contributed by atoms with Crippen LogP contribution in [0.5, 0.6) is 0 Å². The summed E-state index contributed by atoms with van der Waals surface area (Å²) in [4.78, 5) is 6.43. The molecule has 1 unspecified atom stereocenters. The fraction of sp³-hybridized carbons (Fsp3) is 0.462. The SMILES string of the molecule is CCN=C(N)N1CC(C)Cc2ccccc21. The van der Waals surface area contributed by atoms with E-state index in [2.05, 4.69) is 41.1 Å². The zero-order valence-corrected chi connectivity index (χ0v) is 9.98. The van der Waals surface area contributed by atoms with E-state index in [0.717, 1.165) is 19.5 Å². The van der Waals surface area contributed by atoms with Gasteiger partial charge < -0.3 is 10.6 Å². The summed E-state index contributed by atoms with van der Waals surface area (Å²) in [5.74, 6) is 1.27. The Morgan fingerprint density at radius 2 is 2.25 bits per heavy atom. The summed E-state index contributed by atoms with van der Waals surface area (Å²) in [6.45, 7) is 5.96. The van der Waals surface area contributed by atoms with Crippen molar-refractivity contribution in [2.24, 2.45) is 16.6 Å². The minimum absolute atomic E-state index is 0.625. The molecule has 0 saturated heterocycles. The molecule has 0 fully saturated rings. The number of fused-ring (bicyclic) bond motifs is 1. The third-order valence-electron chi connectivity index (χ3n) is 2.94. The summed E-state index contributed by atoms with van der Waals surface area (Å²) in [5.41, 5.74) is 8.60. The van der Waals surface area contributed by atoms with E-state index in [0.29, 0.717) is 11.9 Å². The number of benzene rings is 1. The summed E-state index contributed by atoms with van der Waals surface area (Å²) in [7, 11) is 0. The highest BCUT2D eigenvalue weighted by atomic mass is 15.3. The molecule has 0 aromatic heterocycles. The molecule has 0 radical (unpaired) electrons. The number of nitrogens with zero attached hydrogens (tertiary/aromatic N) is 2. The van der Waals surface area contributed by atoms with Gasteiger partial charge in [0.25, 0.3) is 0 Å². The van der Waals surface area contributed by atoms with Gasteiger partial charge in [0.1, 0.15) is 0 Å². The number of rotatable bonds is 1. The molecular formula is C13H19N3. The first-order valence-corrected chi connectivity index (χ1v) is 5.87. The molecule has 3 heteroatoms. The maximum absolute atomic E-state index is 6.01. The average molecular weight is 217 g/mol. The van der Waals surface area contributed by atoms with E-state index < -0.39 is 0 Å². The third kappa shape index (κ3) is 2.03. The molecule has 0 aliphatic carbocycles. The standard InChI is InChI=1S/C13H19N3/c1-3-15-13(14)16-9-10(2)8-11-6-4-5-7-12(11)16/h4-7,10H,3,8-9H2,1-2H3,(H2,14,15). The van der Waals surface area contributed by atoms with Gasteiger partial charge in [-0.3, -0.25) is 4.99 Å². The zero-order valence-electron chi connectivity index (χ0n) is 9.98. The Kier molecular flexibility index (Phi) is 3.13. The highest BCUT2D eigenvalue weighted by Crippen LogP contribution is 2.28. The van der Waals surface area contributed by atoms with Crippen molar-refractivity contribution in [2.45, 2.75) is 20.3 Å². The van der Waals surface area contributed by atoms with Crippen LogP contribution in [0, 0.1) is 5.92 Å². The summed E-state index contributed by atoms with van der Waals surface area (Å²) in [6, 6.07) is 8.44. The van der Waals surface area contributed by atoms with Gasteiger partial charge in [-0.25, -0.2) is 0 Å². The molecule has 1 aliphatic rings. The number of hydrogen-bond acceptors (Lipinski definition) is 1. The molecule has 0 bridgehead atoms. The molecule has 86 valence electrons. The average Bonchev–Trinajstić information content (AvgIpc) is 2.28. The van der Waals surface area contributed by atoms with E-state index >= 15 is 0 Å². The van der Waals surface area contributed by atoms with Crippen molar-refractivity contribution in [2.75, 3.05) is 18.0 Å². The van der Waals surface area contributed by atoms with Crippen LogP contribution in [-0.2, 0) is 6.42 Å². The van der Waals surface area contributed by atoms with Crippen molar-refractivity contribution in [3.63, 3.8) is 0 Å². The smallest absolute Gasteiger partial charge is 0.195 e. The van der Waals surface area contributed by atoms with Gasteiger partial charge in [0.2, 0.25) is 0 Å². The molecule has 2 rings (SSSR count). The lowest BCUT2D eigenvalue weighted by molar-refractivity contribution is 0.566. The van der Waals surface area contributed by atoms with Gasteiger partial charge >= 0.3 is 0 Å². The van der Waals surface area contributed by atoms with Crippen LogP contribution >= 0.6 is 0 Å². The summed E-state index contributed by atoms with van der Waals surface area (Å²) in [5, 5.41) is 0. The Balaban J connectivity index is 2.37. The van der Waals surface area contributed by atoms with Crippen LogP contribution in [0.3, 0.4) is 0 Å². The van der Waals surface area contributed by atoms with Crippen LogP contribution in [0.1, 0.15) is 19.4 Å². The van der Waals surface area contributed by atoms with Crippen molar-refractivity contribution in [3.8, 4) is 0 Å². The molecule has 1 aromatic carbocycles. The van der Waals surface area contributed by atoms with Gasteiger partial charge in [-0.2, -0.15) is 0 Å². The van der Waals surface area contributed by atoms with Gasteiger partial charge in [-0.15, -0.1) is 0 Å². The van der Waals surface area contributed by atoms with E-state index in [1.165, 1.54) is 11.3 Å². The monoisotopic (exact) mass is 217 g/mol. The zero-order chi connectivity index (χ0) is 11.5. The fourth-order valence-electron chi connectivity index (χ4n) is 2.26. The lowest BCUT2D eigenvalue weighted by Crippen LogP contribution is -2.43. The molecule has 0 spiro atoms. The van der Waals surface area contributed by atoms with Crippen molar-refractivity contribution in [1.82, 2.24) is 0 Å². The highest BCUT2D eigenvalue weighted by molar-refractivity contribution is 5.96. The van der Waals surface area contributed by atoms with Crippen LogP contribution in [0.4, 0.5) is 5.69 Å². The Labute approximate surface area is 97.0 Å². The number of nitrogens with two attached hydrogens (primary N) is 1. The van der Waals surface area contributed by atoms with Crippen LogP contribution in [0.15, 0.2) is 29.3 Å². The molecule has 1 atom stereocenters. The molecule has 1 aromatic rings. The van der Waals surface area contributed by atoms with Crippen LogP contribution in [-0.4, -0.2) is 19.0 Å². The summed E-state index contributed by atoms with van der Waals surface area (Å²) >= 11 is 0. The predicted octanol–water partition coefficient (Wildman–Crippen LogP) is 2.02. The van der Waals surface area contributed by atoms with Gasteiger partial charge in [-0.05, 0) is 30.9 Å². The highest BCUT2D eigenvalue weighted by Gasteiger charge is 2.23. The first kappa shape index (κ1) is 11.0. The second-order valence-electron chi connectivity index (χ2n) is 4.38. The van der Waals surface area contributed by atoms with Crippen LogP contribution < -0.4 is 10.6 Å². The molecule has 0 amide bonds. The minimum Gasteiger partial charge on any atom is -0.370 e. The third-order valence-corrected chi connectivity index (χ3v) is 2.94. The predicted molar refractivity (Wildman–Crippen MR) is 68.8 cm³/mol. The number of aliphatic imine (C=N–C) groups is 1. The van der Waals surface area contributed by atoms with E-state index in [1.807, 2.05) is 6.92 Å². The quantitative estimate of drug-likeness (QED) is 0.577. The first-order valence-electron chi connectivity index (χ1n) is 5.87. The molecular weight excluding hydrogens is 198 g/mol. The maximum Gasteiger partial charge on any atom is 0.195 e. The van der Waals surface area contributed by atoms with Gasteiger partial charge in [0, 0.05) is 18.8 Å². The van der Waals surface area contributed by atoms with Crippen molar-refractivity contribution < 1.29 is 0 Å². The molecule has 1 aliphatic heterocycles. The second kappa shape index (κ2) is 4.56. The first-order chi connectivity index (χ1) is 7.72. The molecule has 16 heavy (non-hydrogen) atoms. The number of hydrogen-bond donors (Lipinski definition) is 1. The Morgan fingerprint density at radius 3 is 3.00 bits per heavy atom. The lowest BCUT2D eigenvalue weighted by Gasteiger charge is -2.33. The number of guanidine groups is 1. The molecule has 2 N–H and O–H groups in total. The number of anilines is 1. The van der Waals surface area contributed by atoms with Gasteiger partial charge in [0.05, 0.1) is 0 Å². The lowest BCUT2D eigenvalue weighted by atomic mass is 9.94. The Bertz CT molecular complexity index is 398. The molecule has 3 nitrogen and oxygen atoms in total. The topological polar surface area (TPSA) is 41.6 Å². The van der Waals surface area contributed by atoms with Crippen LogP contribution in [0.25, 0.3) is 0 Å². The van der Waals surface area contributed by atoms with Crippen molar-refractivity contribution >= 4 is 11.6 Å². The van der Waals surface area contributed by atoms with E-state index in [-0.39, 0.29) is 0 Å². The minimum atomic E-state index is 0.625. The largest absolute Gasteiger partial charge is 0.370 e. The van der Waals surface area contributed by atoms with E-state index in [9.17, 15) is 0 Å². The normalized spacial score (nSPS) is 20.8. The van der Waals surface area contributed by atoms with Gasteiger partial charge in [-0.1, -0.05) is 25.1 Å². The maximum atomic E-state index is 6.01. The second-order valence-corrected chi connectivity index (χ2v) is 4.38. The van der Waals surface area contributed by atoms with Crippen LogP contribution in [0.2, 0.25) is 0 Å². The van der Waals surface area contributed by atoms with E-state index in [4.69, 9.17) is 5.73 Å². The Morgan fingerprint density at radius 1 is 1.50 bits per heavy atom.